The Morgan fingerprint density at radius 2 is 1.59 bits per heavy atom. The van der Waals surface area contributed by atoms with Crippen molar-refractivity contribution in [3.05, 3.63) is 12.3 Å². The first kappa shape index (κ1) is 17.1. The van der Waals surface area contributed by atoms with Crippen molar-refractivity contribution in [3.63, 3.8) is 0 Å². The molecule has 2 heteroatoms. The van der Waals surface area contributed by atoms with Crippen LogP contribution in [0.2, 0.25) is 15.3 Å². The third-order valence-corrected chi connectivity index (χ3v) is 10.7. The van der Waals surface area contributed by atoms with Crippen molar-refractivity contribution in [1.29, 1.82) is 0 Å². The summed E-state index contributed by atoms with van der Waals surface area (Å²) in [5.74, 6) is 0. The molecule has 0 saturated heterocycles. The minimum absolute atomic E-state index is 0.887. The molecule has 0 aromatic heterocycles. The zero-order chi connectivity index (χ0) is 12.9. The van der Waals surface area contributed by atoms with Gasteiger partial charge in [-0.3, -0.25) is 0 Å². The van der Waals surface area contributed by atoms with E-state index in [1.807, 2.05) is 6.26 Å². The van der Waals surface area contributed by atoms with Gasteiger partial charge in [-0.15, -0.1) is 0 Å². The molecule has 0 fully saturated rings. The molecule has 101 valence electrons. The van der Waals surface area contributed by atoms with Gasteiger partial charge in [0.15, 0.2) is 0 Å². The molecule has 1 atom stereocenters. The van der Waals surface area contributed by atoms with Crippen molar-refractivity contribution in [1.82, 2.24) is 0 Å². The summed E-state index contributed by atoms with van der Waals surface area (Å²) >= 11 is -0.893. The van der Waals surface area contributed by atoms with Crippen LogP contribution in [0.15, 0.2) is 12.3 Å². The van der Waals surface area contributed by atoms with Gasteiger partial charge in [-0.25, -0.2) is 0 Å². The van der Waals surface area contributed by atoms with Crippen LogP contribution in [0.1, 0.15) is 59.3 Å². The molecule has 0 aliphatic carbocycles. The molecule has 0 aliphatic rings. The monoisotopic (exact) mass is 301 g/mol. The number of hydrogen-bond donors (Lipinski definition) is 0. The van der Waals surface area contributed by atoms with Crippen LogP contribution < -0.4 is 0 Å². The first-order chi connectivity index (χ1) is 8.29. The molecule has 0 spiro atoms. The number of ether oxygens (including phenoxy) is 1. The Morgan fingerprint density at radius 1 is 1.00 bits per heavy atom. The SMILES string of the molecule is CCC[CH2][Ge]([CH2]CCC)[CH](/C=C/OC)CCC. The predicted molar refractivity (Wildman–Crippen MR) is 80.0 cm³/mol. The predicted octanol–water partition coefficient (Wildman–Crippen LogP) is 5.41. The summed E-state index contributed by atoms with van der Waals surface area (Å²) in [4.78, 5) is 0. The number of unbranched alkanes of at least 4 members (excludes halogenated alkanes) is 2. The van der Waals surface area contributed by atoms with Gasteiger partial charge in [-0.05, 0) is 0 Å². The summed E-state index contributed by atoms with van der Waals surface area (Å²) in [6.07, 6.45) is 12.6. The molecule has 0 saturated carbocycles. The molecular formula is C15H31GeO. The van der Waals surface area contributed by atoms with Crippen LogP contribution in [-0.2, 0) is 4.74 Å². The molecule has 1 radical (unpaired) electrons. The van der Waals surface area contributed by atoms with E-state index >= 15 is 0 Å². The third-order valence-electron chi connectivity index (χ3n) is 3.27. The normalized spacial score (nSPS) is 13.5. The van der Waals surface area contributed by atoms with E-state index in [-0.39, 0.29) is 0 Å². The molecule has 1 unspecified atom stereocenters. The van der Waals surface area contributed by atoms with Crippen LogP contribution >= 0.6 is 0 Å². The maximum atomic E-state index is 5.12. The van der Waals surface area contributed by atoms with E-state index in [1.165, 1.54) is 38.5 Å². The van der Waals surface area contributed by atoms with Crippen molar-refractivity contribution in [3.8, 4) is 0 Å². The maximum absolute atomic E-state index is 5.12. The Hall–Kier alpha value is 0.0829. The van der Waals surface area contributed by atoms with Crippen LogP contribution in [0, 0.1) is 0 Å². The fourth-order valence-corrected chi connectivity index (χ4v) is 9.89. The van der Waals surface area contributed by atoms with Crippen LogP contribution in [0.25, 0.3) is 0 Å². The van der Waals surface area contributed by atoms with Gasteiger partial charge in [0.1, 0.15) is 0 Å². The molecule has 0 amide bonds. The van der Waals surface area contributed by atoms with Gasteiger partial charge in [-0.1, -0.05) is 0 Å². The summed E-state index contributed by atoms with van der Waals surface area (Å²) in [6.45, 7) is 6.94. The van der Waals surface area contributed by atoms with E-state index in [9.17, 15) is 0 Å². The van der Waals surface area contributed by atoms with Crippen molar-refractivity contribution < 1.29 is 4.74 Å². The number of allylic oxidation sites excluding steroid dienone is 1. The standard InChI is InChI=1S/C15H31GeO/c1-5-8-12-16(13-9-6-2)15(10-7-3)11-14-17-4/h11,14-15H,5-10,12-13H2,1-4H3/b14-11+. The molecule has 17 heavy (non-hydrogen) atoms. The van der Waals surface area contributed by atoms with Crippen LogP contribution in [0.3, 0.4) is 0 Å². The Kier molecular flexibility index (Phi) is 12.6. The number of rotatable bonds is 11. The molecule has 1 nitrogen and oxygen atoms in total. The van der Waals surface area contributed by atoms with E-state index in [4.69, 9.17) is 4.74 Å². The molecule has 0 bridgehead atoms. The van der Waals surface area contributed by atoms with Crippen molar-refractivity contribution >= 4 is 14.3 Å². The van der Waals surface area contributed by atoms with Crippen LogP contribution in [0.5, 0.6) is 0 Å². The molecule has 0 aromatic rings. The molecule has 0 aliphatic heterocycles. The summed E-state index contributed by atoms with van der Waals surface area (Å²) < 4.78 is 6.01. The van der Waals surface area contributed by atoms with E-state index in [2.05, 4.69) is 26.8 Å². The average Bonchev–Trinajstić information content (AvgIpc) is 2.35. The van der Waals surface area contributed by atoms with Gasteiger partial charge >= 0.3 is 113 Å². The minimum atomic E-state index is -0.893. The second-order valence-electron chi connectivity index (χ2n) is 4.82. The van der Waals surface area contributed by atoms with Gasteiger partial charge in [-0.2, -0.15) is 0 Å². The Morgan fingerprint density at radius 3 is 2.00 bits per heavy atom. The number of methoxy groups -OCH3 is 1. The van der Waals surface area contributed by atoms with Gasteiger partial charge in [0.25, 0.3) is 0 Å². The summed E-state index contributed by atoms with van der Waals surface area (Å²) in [5.41, 5.74) is 0. The molecular weight excluding hydrogens is 269 g/mol. The second kappa shape index (κ2) is 12.5. The van der Waals surface area contributed by atoms with Gasteiger partial charge in [0.2, 0.25) is 0 Å². The van der Waals surface area contributed by atoms with E-state index < -0.39 is 14.3 Å². The zero-order valence-electron chi connectivity index (χ0n) is 12.3. The first-order valence-electron chi connectivity index (χ1n) is 7.34. The quantitative estimate of drug-likeness (QED) is 0.366. The fourth-order valence-electron chi connectivity index (χ4n) is 2.22. The summed E-state index contributed by atoms with van der Waals surface area (Å²) in [7, 11) is 1.76. The summed E-state index contributed by atoms with van der Waals surface area (Å²) in [5, 5.41) is 3.10. The zero-order valence-corrected chi connectivity index (χ0v) is 14.4. The second-order valence-corrected chi connectivity index (χ2v) is 11.2. The fraction of sp³-hybridized carbons (Fsp3) is 0.867. The third kappa shape index (κ3) is 8.76. The van der Waals surface area contributed by atoms with Gasteiger partial charge in [0, 0.05) is 0 Å². The van der Waals surface area contributed by atoms with E-state index in [1.54, 1.807) is 17.6 Å². The van der Waals surface area contributed by atoms with Gasteiger partial charge < -0.3 is 0 Å². The Bertz CT molecular complexity index is 172. The number of hydrogen-bond acceptors (Lipinski definition) is 1. The van der Waals surface area contributed by atoms with E-state index in [0.717, 1.165) is 4.75 Å². The average molecular weight is 300 g/mol. The first-order valence-corrected chi connectivity index (χ1v) is 11.5. The molecule has 0 heterocycles. The van der Waals surface area contributed by atoms with Crippen molar-refractivity contribution in [2.45, 2.75) is 74.6 Å². The van der Waals surface area contributed by atoms with Crippen molar-refractivity contribution in [2.75, 3.05) is 7.11 Å². The Labute approximate surface area is 113 Å². The van der Waals surface area contributed by atoms with Crippen LogP contribution in [0.4, 0.5) is 0 Å². The molecule has 0 N–H and O–H groups in total. The molecule has 0 aromatic carbocycles. The van der Waals surface area contributed by atoms with E-state index in [0.29, 0.717) is 0 Å². The topological polar surface area (TPSA) is 9.23 Å². The summed E-state index contributed by atoms with van der Waals surface area (Å²) in [6, 6.07) is 0. The molecule has 0 rings (SSSR count). The van der Waals surface area contributed by atoms with Crippen molar-refractivity contribution in [2.24, 2.45) is 0 Å². The van der Waals surface area contributed by atoms with Crippen LogP contribution in [-0.4, -0.2) is 21.5 Å². The Balaban J connectivity index is 4.36. The van der Waals surface area contributed by atoms with Gasteiger partial charge in [0.05, 0.1) is 0 Å².